The lowest BCUT2D eigenvalue weighted by atomic mass is 9.75. The molecule has 2 atom stereocenters. The first-order valence-electron chi connectivity index (χ1n) is 7.24. The van der Waals surface area contributed by atoms with E-state index in [0.717, 1.165) is 6.54 Å². The molecular weight excluding hydrogens is 226 g/mol. The molecule has 0 bridgehead atoms. The van der Waals surface area contributed by atoms with E-state index < -0.39 is 0 Å². The maximum Gasteiger partial charge on any atom is 0.0601 e. The molecule has 4 nitrogen and oxygen atoms in total. The molecule has 0 spiro atoms. The van der Waals surface area contributed by atoms with Crippen LogP contribution in [0, 0.1) is 5.92 Å². The number of hydrogen-bond donors (Lipinski definition) is 2. The minimum atomic E-state index is 0.120. The minimum Gasteiger partial charge on any atom is -0.395 e. The van der Waals surface area contributed by atoms with Crippen molar-refractivity contribution in [2.24, 2.45) is 11.7 Å². The quantitative estimate of drug-likeness (QED) is 0.696. The summed E-state index contributed by atoms with van der Waals surface area (Å²) in [5.74, 6) is 0.640. The van der Waals surface area contributed by atoms with E-state index in [2.05, 4.69) is 30.9 Å². The van der Waals surface area contributed by atoms with Crippen LogP contribution in [0.25, 0.3) is 0 Å². The van der Waals surface area contributed by atoms with Gasteiger partial charge >= 0.3 is 0 Å². The Morgan fingerprint density at radius 1 is 1.28 bits per heavy atom. The number of aliphatic hydroxyl groups excluding tert-OH is 1. The topological polar surface area (TPSA) is 52.7 Å². The molecule has 106 valence electrons. The van der Waals surface area contributed by atoms with E-state index >= 15 is 0 Å². The first-order chi connectivity index (χ1) is 8.50. The number of nitrogens with two attached hydrogens (primary N) is 1. The van der Waals surface area contributed by atoms with Gasteiger partial charge in [0.2, 0.25) is 0 Å². The molecule has 2 fully saturated rings. The zero-order valence-electron chi connectivity index (χ0n) is 12.1. The molecule has 0 heterocycles. The molecule has 2 aliphatic rings. The van der Waals surface area contributed by atoms with Crippen molar-refractivity contribution >= 4 is 0 Å². The second kappa shape index (κ2) is 5.45. The average molecular weight is 255 g/mol. The van der Waals surface area contributed by atoms with Crippen molar-refractivity contribution < 1.29 is 5.11 Å². The lowest BCUT2D eigenvalue weighted by Crippen LogP contribution is -2.60. The van der Waals surface area contributed by atoms with Crippen LogP contribution < -0.4 is 5.73 Å². The predicted molar refractivity (Wildman–Crippen MR) is 74.5 cm³/mol. The van der Waals surface area contributed by atoms with E-state index in [1.165, 1.54) is 32.1 Å². The Labute approximate surface area is 111 Å². The molecule has 3 N–H and O–H groups in total. The molecule has 18 heavy (non-hydrogen) atoms. The summed E-state index contributed by atoms with van der Waals surface area (Å²) < 4.78 is 0. The third-order valence-electron chi connectivity index (χ3n) is 5.14. The van der Waals surface area contributed by atoms with Crippen molar-refractivity contribution in [3.05, 3.63) is 0 Å². The fourth-order valence-corrected chi connectivity index (χ4v) is 3.26. The second-order valence-corrected chi connectivity index (χ2v) is 6.55. The molecule has 2 unspecified atom stereocenters. The van der Waals surface area contributed by atoms with E-state index in [4.69, 9.17) is 5.73 Å². The standard InChI is InChI=1S/C14H29N3O/c1-16(2)14(7-4-8-14)10-17(3)12(9-18)13(15)11-5-6-11/h11-13,18H,4-10,15H2,1-3H3. The minimum absolute atomic E-state index is 0.120. The Hall–Kier alpha value is -0.160. The Morgan fingerprint density at radius 3 is 2.22 bits per heavy atom. The van der Waals surface area contributed by atoms with Gasteiger partial charge in [0.15, 0.2) is 0 Å². The van der Waals surface area contributed by atoms with Crippen LogP contribution in [0.3, 0.4) is 0 Å². The summed E-state index contributed by atoms with van der Waals surface area (Å²) in [6, 6.07) is 0.259. The van der Waals surface area contributed by atoms with Gasteiger partial charge in [-0.05, 0) is 59.2 Å². The van der Waals surface area contributed by atoms with Crippen LogP contribution in [0.1, 0.15) is 32.1 Å². The van der Waals surface area contributed by atoms with Crippen LogP contribution >= 0.6 is 0 Å². The Bertz CT molecular complexity index is 274. The van der Waals surface area contributed by atoms with Crippen molar-refractivity contribution in [3.63, 3.8) is 0 Å². The van der Waals surface area contributed by atoms with Gasteiger partial charge in [0, 0.05) is 24.2 Å². The molecule has 0 saturated heterocycles. The summed E-state index contributed by atoms with van der Waals surface area (Å²) in [5.41, 5.74) is 6.58. The van der Waals surface area contributed by atoms with Crippen LogP contribution in [-0.2, 0) is 0 Å². The van der Waals surface area contributed by atoms with E-state index in [0.29, 0.717) is 11.5 Å². The maximum atomic E-state index is 9.63. The van der Waals surface area contributed by atoms with Gasteiger partial charge in [-0.1, -0.05) is 0 Å². The summed E-state index contributed by atoms with van der Waals surface area (Å²) in [4.78, 5) is 4.65. The molecule has 0 amide bonds. The highest BCUT2D eigenvalue weighted by molar-refractivity contribution is 5.00. The number of nitrogens with zero attached hydrogens (tertiary/aromatic N) is 2. The molecular formula is C14H29N3O. The smallest absolute Gasteiger partial charge is 0.0601 e. The first kappa shape index (κ1) is 14.3. The summed E-state index contributed by atoms with van der Waals surface area (Å²) in [7, 11) is 6.45. The Kier molecular flexibility index (Phi) is 4.32. The molecule has 2 saturated carbocycles. The van der Waals surface area contributed by atoms with E-state index in [9.17, 15) is 5.11 Å². The number of likely N-dealkylation sites (N-methyl/N-ethyl adjacent to an activating group) is 2. The number of hydrogen-bond acceptors (Lipinski definition) is 4. The van der Waals surface area contributed by atoms with Crippen LogP contribution in [-0.4, -0.2) is 66.8 Å². The van der Waals surface area contributed by atoms with Crippen LogP contribution in [0.4, 0.5) is 0 Å². The fraction of sp³-hybridized carbons (Fsp3) is 1.00. The van der Waals surface area contributed by atoms with Crippen molar-refractivity contribution in [2.45, 2.75) is 49.7 Å². The second-order valence-electron chi connectivity index (χ2n) is 6.55. The van der Waals surface area contributed by atoms with Gasteiger partial charge in [-0.25, -0.2) is 0 Å². The highest BCUT2D eigenvalue weighted by Crippen LogP contribution is 2.38. The monoisotopic (exact) mass is 255 g/mol. The number of rotatable bonds is 7. The van der Waals surface area contributed by atoms with E-state index in [-0.39, 0.29) is 18.7 Å². The highest BCUT2D eigenvalue weighted by atomic mass is 16.3. The molecule has 2 aliphatic carbocycles. The van der Waals surface area contributed by atoms with Gasteiger partial charge in [0.05, 0.1) is 6.61 Å². The van der Waals surface area contributed by atoms with Crippen LogP contribution in [0.15, 0.2) is 0 Å². The van der Waals surface area contributed by atoms with Crippen molar-refractivity contribution in [1.29, 1.82) is 0 Å². The van der Waals surface area contributed by atoms with Gasteiger partial charge in [0.1, 0.15) is 0 Å². The van der Waals surface area contributed by atoms with Gasteiger partial charge in [-0.15, -0.1) is 0 Å². The Morgan fingerprint density at radius 2 is 1.89 bits per heavy atom. The average Bonchev–Trinajstić information content (AvgIpc) is 3.07. The van der Waals surface area contributed by atoms with Crippen molar-refractivity contribution in [2.75, 3.05) is 34.3 Å². The zero-order valence-corrected chi connectivity index (χ0v) is 12.1. The lowest BCUT2D eigenvalue weighted by molar-refractivity contribution is 0.00189. The first-order valence-corrected chi connectivity index (χ1v) is 7.24. The largest absolute Gasteiger partial charge is 0.395 e. The van der Waals surface area contributed by atoms with Gasteiger partial charge in [-0.2, -0.15) is 0 Å². The van der Waals surface area contributed by atoms with Crippen LogP contribution in [0.5, 0.6) is 0 Å². The number of aliphatic hydroxyl groups is 1. The third-order valence-corrected chi connectivity index (χ3v) is 5.14. The van der Waals surface area contributed by atoms with Gasteiger partial charge in [-0.3, -0.25) is 4.90 Å². The molecule has 0 aromatic rings. The third kappa shape index (κ3) is 2.72. The zero-order chi connectivity index (χ0) is 13.3. The molecule has 0 aromatic heterocycles. The predicted octanol–water partition coefficient (Wildman–Crippen LogP) is 0.501. The maximum absolute atomic E-state index is 9.63. The summed E-state index contributed by atoms with van der Waals surface area (Å²) >= 11 is 0. The Balaban J connectivity index is 1.94. The normalized spacial score (nSPS) is 26.2. The van der Waals surface area contributed by atoms with Crippen molar-refractivity contribution in [1.82, 2.24) is 9.80 Å². The van der Waals surface area contributed by atoms with Crippen LogP contribution in [0.2, 0.25) is 0 Å². The molecule has 2 rings (SSSR count). The lowest BCUT2D eigenvalue weighted by Gasteiger charge is -2.50. The summed E-state index contributed by atoms with van der Waals surface area (Å²) in [6.07, 6.45) is 6.33. The highest BCUT2D eigenvalue weighted by Gasteiger charge is 2.42. The van der Waals surface area contributed by atoms with Crippen molar-refractivity contribution in [3.8, 4) is 0 Å². The van der Waals surface area contributed by atoms with Gasteiger partial charge < -0.3 is 15.7 Å². The summed E-state index contributed by atoms with van der Waals surface area (Å²) in [5, 5.41) is 9.63. The molecule has 4 heteroatoms. The van der Waals surface area contributed by atoms with E-state index in [1.54, 1.807) is 0 Å². The SMILES string of the molecule is CN(CC1(N(C)C)CCC1)C(CO)C(N)C1CC1. The molecule has 0 aliphatic heterocycles. The molecule has 0 aromatic carbocycles. The summed E-state index contributed by atoms with van der Waals surface area (Å²) in [6.45, 7) is 1.20. The fourth-order valence-electron chi connectivity index (χ4n) is 3.26. The van der Waals surface area contributed by atoms with E-state index in [1.807, 2.05) is 0 Å². The molecule has 0 radical (unpaired) electrons. The van der Waals surface area contributed by atoms with Gasteiger partial charge in [0.25, 0.3) is 0 Å².